The third kappa shape index (κ3) is 4.39. The van der Waals surface area contributed by atoms with Crippen molar-refractivity contribution < 1.29 is 9.59 Å². The van der Waals surface area contributed by atoms with Gasteiger partial charge in [-0.15, -0.1) is 11.3 Å². The van der Waals surface area contributed by atoms with E-state index in [4.69, 9.17) is 0 Å². The molecule has 2 amide bonds. The van der Waals surface area contributed by atoms with Crippen LogP contribution >= 0.6 is 11.3 Å². The first kappa shape index (κ1) is 16.2. The number of nitrogens with zero attached hydrogens (tertiary/aromatic N) is 1. The van der Waals surface area contributed by atoms with Crippen LogP contribution in [0.2, 0.25) is 0 Å². The zero-order valence-corrected chi connectivity index (χ0v) is 13.7. The summed E-state index contributed by atoms with van der Waals surface area (Å²) >= 11 is 1.61. The van der Waals surface area contributed by atoms with Gasteiger partial charge in [-0.3, -0.25) is 9.59 Å². The predicted molar refractivity (Wildman–Crippen MR) is 88.1 cm³/mol. The summed E-state index contributed by atoms with van der Waals surface area (Å²) in [5, 5.41) is 8.55. The Morgan fingerprint density at radius 2 is 1.91 bits per heavy atom. The summed E-state index contributed by atoms with van der Waals surface area (Å²) in [6, 6.07) is 6.77. The minimum Gasteiger partial charge on any atom is -0.346 e. The van der Waals surface area contributed by atoms with Crippen molar-refractivity contribution in [1.82, 2.24) is 10.3 Å². The van der Waals surface area contributed by atoms with Crippen LogP contribution in [0.5, 0.6) is 0 Å². The van der Waals surface area contributed by atoms with Crippen molar-refractivity contribution in [3.05, 3.63) is 45.9 Å². The van der Waals surface area contributed by atoms with Gasteiger partial charge >= 0.3 is 0 Å². The molecular formula is C16H19N3O2S. The molecule has 0 fully saturated rings. The number of benzene rings is 1. The topological polar surface area (TPSA) is 71.1 Å². The standard InChI is InChI=1S/C16H19N3O2S/c1-10(2)16-19-14(9-22-16)8-17-15(21)12-4-6-13(7-5-12)18-11(3)20/h4-7,9-10H,8H2,1-3H3,(H,17,21)(H,18,20). The number of carbonyl (C=O) groups excluding carboxylic acids is 2. The third-order valence-electron chi connectivity index (χ3n) is 2.96. The van der Waals surface area contributed by atoms with Crippen LogP contribution in [0, 0.1) is 0 Å². The minimum atomic E-state index is -0.159. The van der Waals surface area contributed by atoms with E-state index >= 15 is 0 Å². The van der Waals surface area contributed by atoms with Crippen molar-refractivity contribution in [2.24, 2.45) is 0 Å². The lowest BCUT2D eigenvalue weighted by atomic mass is 10.2. The van der Waals surface area contributed by atoms with Gasteiger partial charge in [-0.2, -0.15) is 0 Å². The number of anilines is 1. The quantitative estimate of drug-likeness (QED) is 0.890. The highest BCUT2D eigenvalue weighted by Crippen LogP contribution is 2.19. The van der Waals surface area contributed by atoms with Crippen molar-refractivity contribution in [2.45, 2.75) is 33.2 Å². The Morgan fingerprint density at radius 3 is 2.45 bits per heavy atom. The Morgan fingerprint density at radius 1 is 1.23 bits per heavy atom. The molecule has 0 saturated heterocycles. The molecule has 0 unspecified atom stereocenters. The normalized spacial score (nSPS) is 10.5. The van der Waals surface area contributed by atoms with Gasteiger partial charge in [0.2, 0.25) is 5.91 Å². The molecule has 0 atom stereocenters. The lowest BCUT2D eigenvalue weighted by Crippen LogP contribution is -2.23. The molecule has 2 aromatic rings. The number of aromatic nitrogens is 1. The second-order valence-electron chi connectivity index (χ2n) is 5.27. The first-order valence-electron chi connectivity index (χ1n) is 7.06. The second kappa shape index (κ2) is 7.17. The average Bonchev–Trinajstić information content (AvgIpc) is 2.94. The molecule has 0 saturated carbocycles. The number of amides is 2. The Kier molecular flexibility index (Phi) is 5.27. The van der Waals surface area contributed by atoms with Gasteiger partial charge in [0, 0.05) is 29.5 Å². The van der Waals surface area contributed by atoms with Crippen LogP contribution in [-0.2, 0) is 11.3 Å². The Hall–Kier alpha value is -2.21. The molecule has 22 heavy (non-hydrogen) atoms. The van der Waals surface area contributed by atoms with E-state index in [0.29, 0.717) is 23.7 Å². The summed E-state index contributed by atoms with van der Waals surface area (Å²) < 4.78 is 0. The first-order chi connectivity index (χ1) is 10.5. The SMILES string of the molecule is CC(=O)Nc1ccc(C(=O)NCc2csc(C(C)C)n2)cc1. The molecule has 0 aliphatic rings. The van der Waals surface area contributed by atoms with E-state index in [0.717, 1.165) is 10.7 Å². The molecule has 0 spiro atoms. The maximum absolute atomic E-state index is 12.1. The zero-order chi connectivity index (χ0) is 16.1. The molecule has 1 heterocycles. The molecule has 0 bridgehead atoms. The van der Waals surface area contributed by atoms with Crippen LogP contribution in [0.3, 0.4) is 0 Å². The van der Waals surface area contributed by atoms with Crippen molar-refractivity contribution in [1.29, 1.82) is 0 Å². The lowest BCUT2D eigenvalue weighted by Gasteiger charge is -2.05. The van der Waals surface area contributed by atoms with Gasteiger partial charge in [0.25, 0.3) is 5.91 Å². The molecule has 1 aromatic heterocycles. The van der Waals surface area contributed by atoms with Gasteiger partial charge in [0.15, 0.2) is 0 Å². The molecule has 2 rings (SSSR count). The van der Waals surface area contributed by atoms with E-state index in [1.165, 1.54) is 6.92 Å². The fraction of sp³-hybridized carbons (Fsp3) is 0.312. The van der Waals surface area contributed by atoms with E-state index in [-0.39, 0.29) is 11.8 Å². The highest BCUT2D eigenvalue weighted by atomic mass is 32.1. The lowest BCUT2D eigenvalue weighted by molar-refractivity contribution is -0.114. The molecule has 116 valence electrons. The minimum absolute atomic E-state index is 0.137. The molecule has 2 N–H and O–H groups in total. The van der Waals surface area contributed by atoms with Crippen LogP contribution in [0.4, 0.5) is 5.69 Å². The highest BCUT2D eigenvalue weighted by Gasteiger charge is 2.09. The molecule has 0 radical (unpaired) electrons. The fourth-order valence-electron chi connectivity index (χ4n) is 1.85. The van der Waals surface area contributed by atoms with Gasteiger partial charge < -0.3 is 10.6 Å². The number of thiazole rings is 1. The van der Waals surface area contributed by atoms with E-state index in [2.05, 4.69) is 29.5 Å². The van der Waals surface area contributed by atoms with Gasteiger partial charge in [-0.25, -0.2) is 4.98 Å². The number of nitrogens with one attached hydrogen (secondary N) is 2. The number of hydrogen-bond acceptors (Lipinski definition) is 4. The summed E-state index contributed by atoms with van der Waals surface area (Å²) in [6.45, 7) is 6.05. The maximum atomic E-state index is 12.1. The molecular weight excluding hydrogens is 298 g/mol. The van der Waals surface area contributed by atoms with Gasteiger partial charge in [-0.05, 0) is 24.3 Å². The van der Waals surface area contributed by atoms with Crippen molar-refractivity contribution in [3.8, 4) is 0 Å². The number of carbonyl (C=O) groups is 2. The highest BCUT2D eigenvalue weighted by molar-refractivity contribution is 7.09. The van der Waals surface area contributed by atoms with Crippen LogP contribution in [-0.4, -0.2) is 16.8 Å². The first-order valence-corrected chi connectivity index (χ1v) is 7.94. The van der Waals surface area contributed by atoms with Crippen LogP contribution in [0.1, 0.15) is 47.7 Å². The number of rotatable bonds is 5. The Balaban J connectivity index is 1.92. The average molecular weight is 317 g/mol. The largest absolute Gasteiger partial charge is 0.346 e. The smallest absolute Gasteiger partial charge is 0.251 e. The number of hydrogen-bond donors (Lipinski definition) is 2. The van der Waals surface area contributed by atoms with Gasteiger partial charge in [0.05, 0.1) is 17.2 Å². The van der Waals surface area contributed by atoms with E-state index < -0.39 is 0 Å². The summed E-state index contributed by atoms with van der Waals surface area (Å²) in [6.07, 6.45) is 0. The van der Waals surface area contributed by atoms with Crippen LogP contribution in [0.15, 0.2) is 29.6 Å². The van der Waals surface area contributed by atoms with Gasteiger partial charge in [-0.1, -0.05) is 13.8 Å². The molecule has 6 heteroatoms. The van der Waals surface area contributed by atoms with Crippen LogP contribution in [0.25, 0.3) is 0 Å². The van der Waals surface area contributed by atoms with E-state index in [9.17, 15) is 9.59 Å². The zero-order valence-electron chi connectivity index (χ0n) is 12.8. The van der Waals surface area contributed by atoms with E-state index in [1.54, 1.807) is 35.6 Å². The van der Waals surface area contributed by atoms with Crippen molar-refractivity contribution in [2.75, 3.05) is 5.32 Å². The molecule has 0 aliphatic carbocycles. The van der Waals surface area contributed by atoms with E-state index in [1.807, 2.05) is 5.38 Å². The summed E-state index contributed by atoms with van der Waals surface area (Å²) in [4.78, 5) is 27.5. The fourth-order valence-corrected chi connectivity index (χ4v) is 2.69. The maximum Gasteiger partial charge on any atom is 0.251 e. The summed E-state index contributed by atoms with van der Waals surface area (Å²) in [5.74, 6) is 0.103. The molecule has 1 aromatic carbocycles. The second-order valence-corrected chi connectivity index (χ2v) is 6.16. The third-order valence-corrected chi connectivity index (χ3v) is 4.16. The van der Waals surface area contributed by atoms with Crippen molar-refractivity contribution >= 4 is 28.8 Å². The Labute approximate surface area is 133 Å². The summed E-state index contributed by atoms with van der Waals surface area (Å²) in [7, 11) is 0. The molecule has 5 nitrogen and oxygen atoms in total. The van der Waals surface area contributed by atoms with Crippen molar-refractivity contribution in [3.63, 3.8) is 0 Å². The summed E-state index contributed by atoms with van der Waals surface area (Å²) in [5.41, 5.74) is 2.09. The monoisotopic (exact) mass is 317 g/mol. The van der Waals surface area contributed by atoms with Crippen LogP contribution < -0.4 is 10.6 Å². The predicted octanol–water partition coefficient (Wildman–Crippen LogP) is 3.15. The Bertz CT molecular complexity index is 662. The van der Waals surface area contributed by atoms with Gasteiger partial charge in [0.1, 0.15) is 0 Å². The molecule has 0 aliphatic heterocycles.